The predicted octanol–water partition coefficient (Wildman–Crippen LogP) is 1.43. The van der Waals surface area contributed by atoms with Crippen LogP contribution in [0.1, 0.15) is 13.8 Å². The van der Waals surface area contributed by atoms with Gasteiger partial charge in [0.1, 0.15) is 5.82 Å². The number of aliphatic imine (C=N–C) groups is 1. The molecule has 0 aliphatic carbocycles. The zero-order valence-electron chi connectivity index (χ0n) is 9.41. The van der Waals surface area contributed by atoms with Gasteiger partial charge in [-0.05, 0) is 34.0 Å². The summed E-state index contributed by atoms with van der Waals surface area (Å²) in [4.78, 5) is 8.58. The van der Waals surface area contributed by atoms with Gasteiger partial charge in [0.05, 0.1) is 0 Å². The summed E-state index contributed by atoms with van der Waals surface area (Å²) in [7, 11) is 6.21. The zero-order valence-corrected chi connectivity index (χ0v) is 9.41. The van der Waals surface area contributed by atoms with E-state index in [1.165, 1.54) is 0 Å². The van der Waals surface area contributed by atoms with Crippen molar-refractivity contribution >= 4 is 6.21 Å². The molecule has 3 heteroatoms. The van der Waals surface area contributed by atoms with Crippen LogP contribution in [0.5, 0.6) is 0 Å². The van der Waals surface area contributed by atoms with Crippen LogP contribution in [0.15, 0.2) is 16.9 Å². The number of rotatable bonds is 5. The van der Waals surface area contributed by atoms with Crippen molar-refractivity contribution in [3.63, 3.8) is 0 Å². The van der Waals surface area contributed by atoms with E-state index >= 15 is 0 Å². The van der Waals surface area contributed by atoms with Crippen LogP contribution < -0.4 is 0 Å². The van der Waals surface area contributed by atoms with E-state index in [9.17, 15) is 0 Å². The summed E-state index contributed by atoms with van der Waals surface area (Å²) in [6, 6.07) is 0. The van der Waals surface area contributed by atoms with Crippen molar-refractivity contribution in [1.82, 2.24) is 9.80 Å². The molecule has 76 valence electrons. The molecule has 0 aromatic carbocycles. The molecular weight excluding hydrogens is 162 g/mol. The summed E-state index contributed by atoms with van der Waals surface area (Å²) in [5.74, 6) is 1.03. The highest BCUT2D eigenvalue weighted by atomic mass is 15.2. The minimum Gasteiger partial charge on any atom is -0.359 e. The number of likely N-dealkylation sites (N-methyl/N-ethyl adjacent to an activating group) is 2. The summed E-state index contributed by atoms with van der Waals surface area (Å²) in [5.41, 5.74) is 0. The molecule has 13 heavy (non-hydrogen) atoms. The maximum atomic E-state index is 4.26. The fraction of sp³-hybridized carbons (Fsp3) is 0.700. The average molecular weight is 183 g/mol. The topological polar surface area (TPSA) is 18.8 Å². The van der Waals surface area contributed by atoms with Crippen molar-refractivity contribution in [3.05, 3.63) is 11.9 Å². The van der Waals surface area contributed by atoms with Crippen LogP contribution in [0.2, 0.25) is 0 Å². The van der Waals surface area contributed by atoms with Gasteiger partial charge in [-0.1, -0.05) is 0 Å². The molecule has 0 radical (unpaired) electrons. The normalized spacial score (nSPS) is 12.9. The van der Waals surface area contributed by atoms with Gasteiger partial charge in [0.25, 0.3) is 0 Å². The second-order valence-corrected chi connectivity index (χ2v) is 3.26. The molecule has 0 N–H and O–H groups in total. The Morgan fingerprint density at radius 1 is 1.15 bits per heavy atom. The summed E-state index contributed by atoms with van der Waals surface area (Å²) in [5, 5.41) is 0. The molecule has 0 aliphatic rings. The lowest BCUT2D eigenvalue weighted by molar-refractivity contribution is 0.324. The van der Waals surface area contributed by atoms with Crippen LogP contribution in [0.4, 0.5) is 0 Å². The largest absolute Gasteiger partial charge is 0.359 e. The van der Waals surface area contributed by atoms with Gasteiger partial charge in [0.2, 0.25) is 0 Å². The Bertz CT molecular complexity index is 183. The first-order valence-electron chi connectivity index (χ1n) is 4.62. The van der Waals surface area contributed by atoms with Gasteiger partial charge in [-0.3, -0.25) is 0 Å². The third-order valence-electron chi connectivity index (χ3n) is 1.79. The van der Waals surface area contributed by atoms with E-state index in [1.54, 1.807) is 0 Å². The highest BCUT2D eigenvalue weighted by molar-refractivity contribution is 5.55. The van der Waals surface area contributed by atoms with E-state index in [-0.39, 0.29) is 0 Å². The molecule has 0 spiro atoms. The Labute approximate surface area is 81.7 Å². The smallest absolute Gasteiger partial charge is 0.123 e. The molecule has 0 amide bonds. The highest BCUT2D eigenvalue weighted by Gasteiger charge is 2.00. The Balaban J connectivity index is 4.00. The molecular formula is C10H21N3. The maximum Gasteiger partial charge on any atom is 0.123 e. The molecule has 0 aromatic rings. The fourth-order valence-corrected chi connectivity index (χ4v) is 0.990. The first kappa shape index (κ1) is 12.2. The van der Waals surface area contributed by atoms with Crippen molar-refractivity contribution in [2.75, 3.05) is 34.2 Å². The molecule has 0 aliphatic heterocycles. The van der Waals surface area contributed by atoms with E-state index in [1.807, 2.05) is 26.1 Å². The van der Waals surface area contributed by atoms with E-state index in [0.717, 1.165) is 18.9 Å². The number of nitrogens with zero attached hydrogens (tertiary/aromatic N) is 3. The molecule has 0 unspecified atom stereocenters. The van der Waals surface area contributed by atoms with Gasteiger partial charge < -0.3 is 9.80 Å². The highest BCUT2D eigenvalue weighted by Crippen LogP contribution is 2.01. The first-order valence-corrected chi connectivity index (χ1v) is 4.62. The van der Waals surface area contributed by atoms with E-state index in [2.05, 4.69) is 35.9 Å². The maximum absolute atomic E-state index is 4.26. The quantitative estimate of drug-likeness (QED) is 0.600. The standard InChI is InChI=1S/C10H21N3/c1-6-10(11-7-2)13(5)9-8-12(3)4/h6-7H,8-9H2,1-5H3/b10-6+,11-7-. The van der Waals surface area contributed by atoms with Crippen LogP contribution in [0.3, 0.4) is 0 Å². The first-order chi connectivity index (χ1) is 6.11. The molecule has 0 heterocycles. The second kappa shape index (κ2) is 6.66. The van der Waals surface area contributed by atoms with Gasteiger partial charge in [-0.2, -0.15) is 0 Å². The van der Waals surface area contributed by atoms with Gasteiger partial charge in [0, 0.05) is 26.4 Å². The minimum atomic E-state index is 1.00. The van der Waals surface area contributed by atoms with E-state index < -0.39 is 0 Å². The molecule has 0 fully saturated rings. The van der Waals surface area contributed by atoms with Gasteiger partial charge in [-0.15, -0.1) is 0 Å². The summed E-state index contributed by atoms with van der Waals surface area (Å²) >= 11 is 0. The van der Waals surface area contributed by atoms with Gasteiger partial charge >= 0.3 is 0 Å². The molecule has 0 aromatic heterocycles. The van der Waals surface area contributed by atoms with Crippen LogP contribution in [0.25, 0.3) is 0 Å². The number of allylic oxidation sites excluding steroid dienone is 1. The fourth-order valence-electron chi connectivity index (χ4n) is 0.990. The van der Waals surface area contributed by atoms with Crippen LogP contribution in [0, 0.1) is 0 Å². The van der Waals surface area contributed by atoms with Crippen molar-refractivity contribution in [3.8, 4) is 0 Å². The third-order valence-corrected chi connectivity index (χ3v) is 1.79. The lowest BCUT2D eigenvalue weighted by atomic mass is 10.4. The summed E-state index contributed by atoms with van der Waals surface area (Å²) in [6.45, 7) is 5.99. The molecule has 0 saturated carbocycles. The molecule has 0 rings (SSSR count). The Hall–Kier alpha value is -0.830. The lowest BCUT2D eigenvalue weighted by Gasteiger charge is -2.21. The number of hydrogen-bond donors (Lipinski definition) is 0. The molecule has 0 atom stereocenters. The lowest BCUT2D eigenvalue weighted by Crippen LogP contribution is -2.27. The predicted molar refractivity (Wildman–Crippen MR) is 59.1 cm³/mol. The molecule has 3 nitrogen and oxygen atoms in total. The van der Waals surface area contributed by atoms with Crippen LogP contribution in [-0.2, 0) is 0 Å². The molecule has 0 saturated heterocycles. The van der Waals surface area contributed by atoms with E-state index in [4.69, 9.17) is 0 Å². The number of hydrogen-bond acceptors (Lipinski definition) is 3. The minimum absolute atomic E-state index is 1.00. The average Bonchev–Trinajstić information content (AvgIpc) is 2.10. The Morgan fingerprint density at radius 3 is 2.15 bits per heavy atom. The SMILES string of the molecule is C/C=N\C(=C/C)N(C)CCN(C)C. The van der Waals surface area contributed by atoms with Crippen molar-refractivity contribution in [2.24, 2.45) is 4.99 Å². The van der Waals surface area contributed by atoms with E-state index in [0.29, 0.717) is 0 Å². The molecule has 0 bridgehead atoms. The van der Waals surface area contributed by atoms with Crippen molar-refractivity contribution in [1.29, 1.82) is 0 Å². The van der Waals surface area contributed by atoms with Gasteiger partial charge in [0.15, 0.2) is 0 Å². The van der Waals surface area contributed by atoms with Crippen LogP contribution in [-0.4, -0.2) is 50.2 Å². The zero-order chi connectivity index (χ0) is 10.3. The Morgan fingerprint density at radius 2 is 1.77 bits per heavy atom. The third kappa shape index (κ3) is 5.42. The summed E-state index contributed by atoms with van der Waals surface area (Å²) in [6.07, 6.45) is 3.84. The Kier molecular flexibility index (Phi) is 6.24. The van der Waals surface area contributed by atoms with Crippen LogP contribution >= 0.6 is 0 Å². The second-order valence-electron chi connectivity index (χ2n) is 3.26. The monoisotopic (exact) mass is 183 g/mol. The summed E-state index contributed by atoms with van der Waals surface area (Å²) < 4.78 is 0. The van der Waals surface area contributed by atoms with Gasteiger partial charge in [-0.25, -0.2) is 4.99 Å². The van der Waals surface area contributed by atoms with Crippen molar-refractivity contribution in [2.45, 2.75) is 13.8 Å². The van der Waals surface area contributed by atoms with Crippen molar-refractivity contribution < 1.29 is 0 Å².